The van der Waals surface area contributed by atoms with E-state index in [1.165, 1.54) is 6.07 Å². The van der Waals surface area contributed by atoms with Crippen molar-refractivity contribution in [2.75, 3.05) is 6.54 Å². The predicted octanol–water partition coefficient (Wildman–Crippen LogP) is 3.40. The predicted molar refractivity (Wildman–Crippen MR) is 96.4 cm³/mol. The van der Waals surface area contributed by atoms with Crippen LogP contribution in [0.5, 0.6) is 0 Å². The minimum absolute atomic E-state index is 0.0893. The van der Waals surface area contributed by atoms with E-state index in [0.717, 1.165) is 34.2 Å². The van der Waals surface area contributed by atoms with Crippen molar-refractivity contribution in [3.63, 3.8) is 0 Å². The third-order valence-electron chi connectivity index (χ3n) is 4.50. The maximum Gasteiger partial charge on any atom is 0.257 e. The Morgan fingerprint density at radius 2 is 1.81 bits per heavy atom. The van der Waals surface area contributed by atoms with Crippen LogP contribution in [0.4, 0.5) is 8.78 Å². The van der Waals surface area contributed by atoms with E-state index in [1.54, 1.807) is 6.07 Å². The molecule has 4 nitrogen and oxygen atoms in total. The molecular weight excluding hydrogens is 338 g/mol. The Bertz CT molecular complexity index is 1040. The molecule has 0 saturated carbocycles. The highest BCUT2D eigenvalue weighted by atomic mass is 19.1. The summed E-state index contributed by atoms with van der Waals surface area (Å²) >= 11 is 0. The first-order chi connectivity index (χ1) is 12.4. The molecule has 1 aromatic heterocycles. The molecular formula is C20H18F2N2O2. The molecule has 0 unspecified atom stereocenters. The first-order valence-corrected chi connectivity index (χ1v) is 8.23. The molecule has 0 aliphatic carbocycles. The molecule has 134 valence electrons. The number of hydrogen-bond donors (Lipinski definition) is 2. The van der Waals surface area contributed by atoms with Gasteiger partial charge < -0.3 is 10.3 Å². The number of hydrogen-bond acceptors (Lipinski definition) is 2. The fraction of sp³-hybridized carbons (Fsp3) is 0.200. The number of nitrogens with one attached hydrogen (secondary N) is 2. The number of aromatic amines is 1. The smallest absolute Gasteiger partial charge is 0.257 e. The Labute approximate surface area is 148 Å². The Hall–Kier alpha value is -3.02. The molecule has 0 atom stereocenters. The van der Waals surface area contributed by atoms with Gasteiger partial charge in [0.1, 0.15) is 17.2 Å². The van der Waals surface area contributed by atoms with E-state index in [9.17, 15) is 18.4 Å². The summed E-state index contributed by atoms with van der Waals surface area (Å²) in [6, 6.07) is 8.91. The Kier molecular flexibility index (Phi) is 4.84. The number of rotatable bonds is 4. The molecule has 3 aromatic rings. The SMILES string of the molecule is Cc1ccc2cc(CCNC(=O)c3c(F)cccc3F)c(=O)[nH]c2c1C. The number of aryl methyl sites for hydroxylation is 2. The molecule has 2 N–H and O–H groups in total. The van der Waals surface area contributed by atoms with E-state index in [0.29, 0.717) is 5.56 Å². The number of H-pyrrole nitrogens is 1. The van der Waals surface area contributed by atoms with Gasteiger partial charge in [-0.1, -0.05) is 18.2 Å². The second-order valence-corrected chi connectivity index (χ2v) is 6.20. The van der Waals surface area contributed by atoms with Gasteiger partial charge in [0.25, 0.3) is 11.5 Å². The lowest BCUT2D eigenvalue weighted by atomic mass is 10.0. The van der Waals surface area contributed by atoms with Crippen molar-refractivity contribution in [2.24, 2.45) is 0 Å². The van der Waals surface area contributed by atoms with Crippen LogP contribution in [-0.2, 0) is 6.42 Å². The third-order valence-corrected chi connectivity index (χ3v) is 4.50. The first kappa shape index (κ1) is 17.8. The van der Waals surface area contributed by atoms with Crippen LogP contribution in [0.1, 0.15) is 27.0 Å². The van der Waals surface area contributed by atoms with Gasteiger partial charge in [0.2, 0.25) is 0 Å². The van der Waals surface area contributed by atoms with Crippen LogP contribution in [-0.4, -0.2) is 17.4 Å². The van der Waals surface area contributed by atoms with Crippen LogP contribution in [0.3, 0.4) is 0 Å². The summed E-state index contributed by atoms with van der Waals surface area (Å²) in [7, 11) is 0. The summed E-state index contributed by atoms with van der Waals surface area (Å²) in [4.78, 5) is 27.1. The number of pyridine rings is 1. The quantitative estimate of drug-likeness (QED) is 0.753. The van der Waals surface area contributed by atoms with Crippen molar-refractivity contribution >= 4 is 16.8 Å². The van der Waals surface area contributed by atoms with E-state index in [1.807, 2.05) is 26.0 Å². The highest BCUT2D eigenvalue weighted by Crippen LogP contribution is 2.19. The lowest BCUT2D eigenvalue weighted by Crippen LogP contribution is -2.29. The Morgan fingerprint density at radius 1 is 1.12 bits per heavy atom. The van der Waals surface area contributed by atoms with Gasteiger partial charge >= 0.3 is 0 Å². The molecule has 2 aromatic carbocycles. The average Bonchev–Trinajstić information content (AvgIpc) is 2.59. The Morgan fingerprint density at radius 3 is 2.50 bits per heavy atom. The molecule has 0 saturated heterocycles. The number of amides is 1. The van der Waals surface area contributed by atoms with Crippen LogP contribution < -0.4 is 10.9 Å². The average molecular weight is 356 g/mol. The summed E-state index contributed by atoms with van der Waals surface area (Å²) in [5.41, 5.74) is 2.52. The molecule has 0 aliphatic rings. The van der Waals surface area contributed by atoms with Crippen molar-refractivity contribution in [2.45, 2.75) is 20.3 Å². The van der Waals surface area contributed by atoms with E-state index in [2.05, 4.69) is 10.3 Å². The highest BCUT2D eigenvalue weighted by Gasteiger charge is 2.16. The number of fused-ring (bicyclic) bond motifs is 1. The molecule has 0 radical (unpaired) electrons. The van der Waals surface area contributed by atoms with E-state index in [-0.39, 0.29) is 18.5 Å². The van der Waals surface area contributed by atoms with Gasteiger partial charge in [-0.25, -0.2) is 8.78 Å². The summed E-state index contributed by atoms with van der Waals surface area (Å²) in [5.74, 6) is -2.68. The summed E-state index contributed by atoms with van der Waals surface area (Å²) in [5, 5.41) is 3.35. The molecule has 0 spiro atoms. The molecule has 6 heteroatoms. The van der Waals surface area contributed by atoms with Crippen molar-refractivity contribution in [3.05, 3.63) is 80.6 Å². The van der Waals surface area contributed by atoms with Crippen LogP contribution in [0.15, 0.2) is 41.2 Å². The van der Waals surface area contributed by atoms with Crippen LogP contribution in [0.2, 0.25) is 0 Å². The molecule has 3 rings (SSSR count). The van der Waals surface area contributed by atoms with Crippen LogP contribution in [0.25, 0.3) is 10.9 Å². The molecule has 0 fully saturated rings. The number of carbonyl (C=O) groups excluding carboxylic acids is 1. The topological polar surface area (TPSA) is 62.0 Å². The number of benzene rings is 2. The fourth-order valence-electron chi connectivity index (χ4n) is 2.87. The fourth-order valence-corrected chi connectivity index (χ4v) is 2.87. The third kappa shape index (κ3) is 3.35. The van der Waals surface area contributed by atoms with Crippen molar-refractivity contribution in [1.29, 1.82) is 0 Å². The lowest BCUT2D eigenvalue weighted by molar-refractivity contribution is 0.0945. The van der Waals surface area contributed by atoms with Gasteiger partial charge in [0.15, 0.2) is 0 Å². The number of carbonyl (C=O) groups is 1. The zero-order chi connectivity index (χ0) is 18.8. The minimum Gasteiger partial charge on any atom is -0.352 e. The Balaban J connectivity index is 1.76. The standard InChI is InChI=1S/C20H18F2N2O2/c1-11-6-7-13-10-14(19(25)24-18(13)12(11)2)8-9-23-20(26)17-15(21)4-3-5-16(17)22/h3-7,10H,8-9H2,1-2H3,(H,23,26)(H,24,25). The summed E-state index contributed by atoms with van der Waals surface area (Å²) in [6.45, 7) is 4.00. The van der Waals surface area contributed by atoms with Gasteiger partial charge in [0, 0.05) is 12.1 Å². The van der Waals surface area contributed by atoms with Gasteiger partial charge in [-0.05, 0) is 55.0 Å². The lowest BCUT2D eigenvalue weighted by Gasteiger charge is -2.09. The summed E-state index contributed by atoms with van der Waals surface area (Å²) < 4.78 is 27.2. The molecule has 0 aliphatic heterocycles. The van der Waals surface area contributed by atoms with E-state index < -0.39 is 23.1 Å². The monoisotopic (exact) mass is 356 g/mol. The van der Waals surface area contributed by atoms with E-state index in [4.69, 9.17) is 0 Å². The zero-order valence-electron chi connectivity index (χ0n) is 14.5. The van der Waals surface area contributed by atoms with Crippen LogP contribution >= 0.6 is 0 Å². The van der Waals surface area contributed by atoms with Gasteiger partial charge in [-0.3, -0.25) is 9.59 Å². The van der Waals surface area contributed by atoms with Crippen molar-refractivity contribution in [3.8, 4) is 0 Å². The summed E-state index contributed by atoms with van der Waals surface area (Å²) in [6.07, 6.45) is 0.250. The highest BCUT2D eigenvalue weighted by molar-refractivity contribution is 5.94. The molecule has 1 amide bonds. The molecule has 0 bridgehead atoms. The maximum absolute atomic E-state index is 13.6. The normalized spacial score (nSPS) is 10.9. The largest absolute Gasteiger partial charge is 0.352 e. The van der Waals surface area contributed by atoms with Crippen LogP contribution in [0, 0.1) is 25.5 Å². The first-order valence-electron chi connectivity index (χ1n) is 8.23. The maximum atomic E-state index is 13.6. The number of aromatic nitrogens is 1. The zero-order valence-corrected chi connectivity index (χ0v) is 14.5. The molecule has 26 heavy (non-hydrogen) atoms. The van der Waals surface area contributed by atoms with Crippen molar-refractivity contribution < 1.29 is 13.6 Å². The van der Waals surface area contributed by atoms with E-state index >= 15 is 0 Å². The molecule has 1 heterocycles. The minimum atomic E-state index is -0.920. The van der Waals surface area contributed by atoms with Gasteiger partial charge in [-0.2, -0.15) is 0 Å². The second kappa shape index (κ2) is 7.07. The van der Waals surface area contributed by atoms with Crippen molar-refractivity contribution in [1.82, 2.24) is 10.3 Å². The number of halogens is 2. The van der Waals surface area contributed by atoms with Gasteiger partial charge in [0.05, 0.1) is 5.52 Å². The second-order valence-electron chi connectivity index (χ2n) is 6.20. The van der Waals surface area contributed by atoms with Gasteiger partial charge in [-0.15, -0.1) is 0 Å².